The van der Waals surface area contributed by atoms with Crippen LogP contribution < -0.4 is 10.1 Å². The number of hydrogen-bond acceptors (Lipinski definition) is 7. The Hall–Kier alpha value is -3.83. The normalized spacial score (nSPS) is 15.1. The molecule has 5 rings (SSSR count). The number of nitrogens with one attached hydrogen (secondary N) is 1. The second-order valence-corrected chi connectivity index (χ2v) is 13.1. The highest BCUT2D eigenvalue weighted by Gasteiger charge is 2.30. The zero-order chi connectivity index (χ0) is 34.6. The molecule has 0 radical (unpaired) electrons. The van der Waals surface area contributed by atoms with Gasteiger partial charge >= 0.3 is 14.8 Å². The summed E-state index contributed by atoms with van der Waals surface area (Å²) in [6.07, 6.45) is 9.07. The molecule has 1 saturated carbocycles. The number of alkyl halides is 3. The summed E-state index contributed by atoms with van der Waals surface area (Å²) in [7, 11) is -1.46. The van der Waals surface area contributed by atoms with E-state index < -0.39 is 20.3 Å². The molecule has 0 unspecified atom stereocenters. The lowest BCUT2D eigenvalue weighted by Gasteiger charge is -2.25. The number of aromatic nitrogens is 3. The number of halogens is 3. The molecule has 1 aliphatic carbocycles. The minimum atomic E-state index is -4.45. The number of ether oxygens (including phenoxy) is 1. The van der Waals surface area contributed by atoms with Crippen LogP contribution in [0.5, 0.6) is 11.6 Å². The van der Waals surface area contributed by atoms with Crippen LogP contribution >= 0.6 is 8.60 Å². The summed E-state index contributed by atoms with van der Waals surface area (Å²) in [6.45, 7) is 5.64. The fourth-order valence-corrected chi connectivity index (χ4v) is 6.27. The van der Waals surface area contributed by atoms with Crippen molar-refractivity contribution in [3.05, 3.63) is 89.4 Å². The Morgan fingerprint density at radius 1 is 0.980 bits per heavy atom. The molecule has 1 N–H and O–H groups in total. The van der Waals surface area contributed by atoms with Crippen LogP contribution in [0.4, 0.5) is 13.2 Å². The molecule has 49 heavy (non-hydrogen) atoms. The van der Waals surface area contributed by atoms with E-state index in [4.69, 9.17) is 18.3 Å². The monoisotopic (exact) mass is 698 g/mol. The highest BCUT2D eigenvalue weighted by molar-refractivity contribution is 7.41. The Bertz CT molecular complexity index is 1680. The van der Waals surface area contributed by atoms with E-state index >= 15 is 0 Å². The summed E-state index contributed by atoms with van der Waals surface area (Å²) in [5, 5.41) is 4.01. The Morgan fingerprint density at radius 3 is 2.41 bits per heavy atom. The molecule has 0 aliphatic heterocycles. The molecule has 4 aromatic rings. The number of pyridine rings is 2. The van der Waals surface area contributed by atoms with Crippen molar-refractivity contribution in [1.82, 2.24) is 19.9 Å². The van der Waals surface area contributed by atoms with Gasteiger partial charge < -0.3 is 23.7 Å². The van der Waals surface area contributed by atoms with E-state index in [0.29, 0.717) is 30.2 Å². The van der Waals surface area contributed by atoms with Crippen LogP contribution in [0.3, 0.4) is 0 Å². The van der Waals surface area contributed by atoms with Gasteiger partial charge in [-0.3, -0.25) is 9.32 Å². The Kier molecular flexibility index (Phi) is 13.2. The van der Waals surface area contributed by atoms with Crippen LogP contribution in [0.25, 0.3) is 17.1 Å². The number of allylic oxidation sites excluding steroid dienone is 1. The summed E-state index contributed by atoms with van der Waals surface area (Å²) in [6, 6.07) is 13.3. The summed E-state index contributed by atoms with van der Waals surface area (Å²) >= 11 is 0. The van der Waals surface area contributed by atoms with Gasteiger partial charge in [-0.05, 0) is 74.4 Å². The third-order valence-corrected chi connectivity index (χ3v) is 9.15. The maximum absolute atomic E-state index is 13.2. The number of rotatable bonds is 16. The van der Waals surface area contributed by atoms with Crippen LogP contribution in [0.1, 0.15) is 86.7 Å². The minimum Gasteiger partial charge on any atom is -0.439 e. The van der Waals surface area contributed by atoms with Gasteiger partial charge in [0.15, 0.2) is 0 Å². The van der Waals surface area contributed by atoms with Gasteiger partial charge in [0, 0.05) is 36.1 Å². The maximum Gasteiger partial charge on any atom is 0.417 e. The topological polar surface area (TPSA) is 96.7 Å². The molecule has 3 heterocycles. The third-order valence-electron chi connectivity index (χ3n) is 8.03. The average molecular weight is 699 g/mol. The summed E-state index contributed by atoms with van der Waals surface area (Å²) in [4.78, 5) is 21.5. The third kappa shape index (κ3) is 10.8. The number of hydrogen-bond donors (Lipinski definition) is 1. The highest BCUT2D eigenvalue weighted by atomic mass is 31.2. The standard InChI is InChI=1S/C36H42F3N4O5P/c1-3-5-18-45-49(46-19-6-4-2)47-25-43-17-16-28-22-29(23-41-34(28)43)35(44)42-31-13-10-26(11-14-31)20-27-8-7-9-32(21-27)48-33-15-12-30(24-40-33)36(37,38)39/h7-9,12,15-17,20-24,31H,3-6,10-11,13-14,18-19,25H2,1-2H3,(H,42,44). The first-order valence-corrected chi connectivity index (χ1v) is 17.8. The largest absolute Gasteiger partial charge is 0.439 e. The number of carbonyl (C=O) groups is 1. The van der Waals surface area contributed by atoms with Gasteiger partial charge in [-0.25, -0.2) is 9.97 Å². The first kappa shape index (κ1) is 36.5. The van der Waals surface area contributed by atoms with Crippen LogP contribution in [0.15, 0.2) is 72.7 Å². The van der Waals surface area contributed by atoms with Gasteiger partial charge in [-0.1, -0.05) is 50.5 Å². The first-order chi connectivity index (χ1) is 23.7. The molecule has 0 spiro atoms. The van der Waals surface area contributed by atoms with Crippen LogP contribution in [0.2, 0.25) is 0 Å². The number of unbranched alkanes of at least 4 members (excludes halogenated alkanes) is 2. The number of fused-ring (bicyclic) bond motifs is 1. The van der Waals surface area contributed by atoms with E-state index in [1.807, 2.05) is 41.1 Å². The van der Waals surface area contributed by atoms with Crippen molar-refractivity contribution in [2.24, 2.45) is 0 Å². The number of amides is 1. The van der Waals surface area contributed by atoms with Crippen LogP contribution in [-0.4, -0.2) is 39.7 Å². The fourth-order valence-electron chi connectivity index (χ4n) is 5.27. The quantitative estimate of drug-likeness (QED) is 0.0919. The zero-order valence-electron chi connectivity index (χ0n) is 27.7. The molecule has 262 valence electrons. The predicted molar refractivity (Wildman–Crippen MR) is 183 cm³/mol. The van der Waals surface area contributed by atoms with Crippen LogP contribution in [0, 0.1) is 0 Å². The Labute approximate surface area is 285 Å². The van der Waals surface area contributed by atoms with Crippen molar-refractivity contribution in [1.29, 1.82) is 0 Å². The fraction of sp³-hybridized carbons (Fsp3) is 0.417. The van der Waals surface area contributed by atoms with Crippen molar-refractivity contribution < 1.29 is 36.3 Å². The van der Waals surface area contributed by atoms with Gasteiger partial charge in [0.25, 0.3) is 5.91 Å². The summed E-state index contributed by atoms with van der Waals surface area (Å²) in [5.74, 6) is 0.406. The molecule has 1 aliphatic rings. The Balaban J connectivity index is 1.11. The van der Waals surface area contributed by atoms with Crippen LogP contribution in [-0.2, 0) is 26.5 Å². The number of nitrogens with zero attached hydrogens (tertiary/aromatic N) is 3. The smallest absolute Gasteiger partial charge is 0.417 e. The molecule has 0 atom stereocenters. The lowest BCUT2D eigenvalue weighted by Crippen LogP contribution is -2.36. The molecule has 0 bridgehead atoms. The minimum absolute atomic E-state index is 0.0402. The maximum atomic E-state index is 13.2. The van der Waals surface area contributed by atoms with E-state index in [2.05, 4.69) is 35.2 Å². The van der Waals surface area contributed by atoms with E-state index in [-0.39, 0.29) is 24.6 Å². The van der Waals surface area contributed by atoms with Gasteiger partial charge in [0.2, 0.25) is 5.88 Å². The van der Waals surface area contributed by atoms with Gasteiger partial charge in [-0.2, -0.15) is 13.2 Å². The van der Waals surface area contributed by atoms with Crippen molar-refractivity contribution in [2.45, 2.75) is 84.2 Å². The molecule has 9 nitrogen and oxygen atoms in total. The van der Waals surface area contributed by atoms with Crippen molar-refractivity contribution in [3.8, 4) is 11.6 Å². The highest BCUT2D eigenvalue weighted by Crippen LogP contribution is 2.41. The predicted octanol–water partition coefficient (Wildman–Crippen LogP) is 9.83. The molecule has 1 fully saturated rings. The van der Waals surface area contributed by atoms with E-state index in [9.17, 15) is 18.0 Å². The van der Waals surface area contributed by atoms with E-state index in [1.165, 1.54) is 11.6 Å². The van der Waals surface area contributed by atoms with Crippen molar-refractivity contribution in [2.75, 3.05) is 13.2 Å². The Morgan fingerprint density at radius 2 is 1.73 bits per heavy atom. The lowest BCUT2D eigenvalue weighted by atomic mass is 9.89. The lowest BCUT2D eigenvalue weighted by molar-refractivity contribution is -0.137. The second kappa shape index (κ2) is 17.7. The van der Waals surface area contributed by atoms with Gasteiger partial charge in [-0.15, -0.1) is 0 Å². The SMILES string of the molecule is CCCCOP(OCCCC)OCn1ccc2cc(C(=O)NC3CCC(=Cc4cccc(Oc5ccc(C(F)(F)F)cn5)c4)CC3)cnc21. The molecular weight excluding hydrogens is 656 g/mol. The van der Waals surface area contributed by atoms with E-state index in [1.54, 1.807) is 12.3 Å². The molecule has 0 saturated heterocycles. The number of benzene rings is 1. The summed E-state index contributed by atoms with van der Waals surface area (Å²) < 4.78 is 63.7. The summed E-state index contributed by atoms with van der Waals surface area (Å²) in [5.41, 5.74) is 2.55. The molecule has 1 aromatic carbocycles. The average Bonchev–Trinajstić information content (AvgIpc) is 3.50. The molecule has 1 amide bonds. The van der Waals surface area contributed by atoms with Crippen molar-refractivity contribution >= 4 is 31.6 Å². The zero-order valence-corrected chi connectivity index (χ0v) is 28.6. The second-order valence-electron chi connectivity index (χ2n) is 11.9. The number of carbonyl (C=O) groups excluding carboxylic acids is 1. The van der Waals surface area contributed by atoms with Crippen molar-refractivity contribution in [3.63, 3.8) is 0 Å². The van der Waals surface area contributed by atoms with Gasteiger partial charge in [0.05, 0.1) is 24.3 Å². The molecule has 3 aromatic heterocycles. The van der Waals surface area contributed by atoms with Gasteiger partial charge in [0.1, 0.15) is 18.1 Å². The first-order valence-electron chi connectivity index (χ1n) is 16.7. The van der Waals surface area contributed by atoms with E-state index in [0.717, 1.165) is 74.6 Å². The molecular formula is C36H42F3N4O5P. The molecule has 13 heteroatoms.